The molecule has 27 heavy (non-hydrogen) atoms. The molecule has 2 N–H and O–H groups in total. The highest BCUT2D eigenvalue weighted by molar-refractivity contribution is 7.99. The van der Waals surface area contributed by atoms with Crippen molar-refractivity contribution < 1.29 is 4.79 Å². The maximum atomic E-state index is 12.2. The van der Waals surface area contributed by atoms with Gasteiger partial charge < -0.3 is 10.3 Å². The Bertz CT molecular complexity index is 1010. The van der Waals surface area contributed by atoms with E-state index in [1.807, 2.05) is 24.4 Å². The van der Waals surface area contributed by atoms with Crippen LogP contribution in [0.15, 0.2) is 39.6 Å². The molecule has 1 amide bonds. The number of aromatic nitrogens is 3. The minimum absolute atomic E-state index is 0.129. The number of halogens is 1. The van der Waals surface area contributed by atoms with Gasteiger partial charge in [-0.1, -0.05) is 42.4 Å². The van der Waals surface area contributed by atoms with E-state index in [1.165, 1.54) is 23.1 Å². The lowest BCUT2D eigenvalue weighted by Crippen LogP contribution is -2.18. The van der Waals surface area contributed by atoms with Crippen LogP contribution in [0, 0.1) is 6.92 Å². The van der Waals surface area contributed by atoms with Gasteiger partial charge in [-0.15, -0.1) is 11.3 Å². The van der Waals surface area contributed by atoms with Crippen molar-refractivity contribution in [2.45, 2.75) is 25.4 Å². The topological polar surface area (TPSA) is 87.7 Å². The van der Waals surface area contributed by atoms with Gasteiger partial charge >= 0.3 is 0 Å². The number of anilines is 1. The van der Waals surface area contributed by atoms with Gasteiger partial charge in [-0.2, -0.15) is 0 Å². The van der Waals surface area contributed by atoms with Gasteiger partial charge in [0.05, 0.1) is 11.4 Å². The minimum atomic E-state index is -0.211. The molecule has 2 heterocycles. The van der Waals surface area contributed by atoms with E-state index in [0.717, 1.165) is 11.3 Å². The fourth-order valence-corrected chi connectivity index (χ4v) is 4.01. The summed E-state index contributed by atoms with van der Waals surface area (Å²) in [6, 6.07) is 7.35. The van der Waals surface area contributed by atoms with Gasteiger partial charge in [-0.05, 0) is 25.5 Å². The average Bonchev–Trinajstić information content (AvgIpc) is 3.09. The Morgan fingerprint density at radius 2 is 2.04 bits per heavy atom. The zero-order valence-corrected chi connectivity index (χ0v) is 17.1. The van der Waals surface area contributed by atoms with Crippen molar-refractivity contribution in [1.82, 2.24) is 15.0 Å². The molecule has 2 aromatic heterocycles. The molecule has 1 aromatic carbocycles. The summed E-state index contributed by atoms with van der Waals surface area (Å²) in [6.07, 6.45) is 0.625. The van der Waals surface area contributed by atoms with Crippen LogP contribution in [0.3, 0.4) is 0 Å². The molecule has 140 valence electrons. The van der Waals surface area contributed by atoms with Crippen molar-refractivity contribution in [3.63, 3.8) is 0 Å². The SMILES string of the molecule is CCc1c(C)nc(SCC(=O)Nc2nc(-c3ccc(Cl)cc3)cs2)[nH]c1=O. The summed E-state index contributed by atoms with van der Waals surface area (Å²) in [4.78, 5) is 35.6. The second-order valence-corrected chi connectivity index (χ2v) is 7.93. The summed E-state index contributed by atoms with van der Waals surface area (Å²) in [5, 5.41) is 6.25. The molecule has 0 radical (unpaired) electrons. The number of amides is 1. The molecule has 3 rings (SSSR count). The fraction of sp³-hybridized carbons (Fsp3) is 0.222. The van der Waals surface area contributed by atoms with Crippen molar-refractivity contribution in [2.75, 3.05) is 11.1 Å². The van der Waals surface area contributed by atoms with E-state index in [-0.39, 0.29) is 17.2 Å². The molecule has 0 aliphatic carbocycles. The van der Waals surface area contributed by atoms with Crippen LogP contribution in [0.2, 0.25) is 5.02 Å². The number of thioether (sulfide) groups is 1. The van der Waals surface area contributed by atoms with Crippen LogP contribution < -0.4 is 10.9 Å². The first kappa shape index (κ1) is 19.6. The summed E-state index contributed by atoms with van der Waals surface area (Å²) >= 11 is 8.42. The molecule has 6 nitrogen and oxygen atoms in total. The number of carbonyl (C=O) groups is 1. The Morgan fingerprint density at radius 1 is 1.30 bits per heavy atom. The molecule has 0 bridgehead atoms. The highest BCUT2D eigenvalue weighted by Gasteiger charge is 2.11. The van der Waals surface area contributed by atoms with E-state index in [9.17, 15) is 9.59 Å². The Balaban J connectivity index is 1.60. The Kier molecular flexibility index (Phi) is 6.30. The first-order chi connectivity index (χ1) is 13.0. The number of hydrogen-bond donors (Lipinski definition) is 2. The lowest BCUT2D eigenvalue weighted by molar-refractivity contribution is -0.113. The molecular weight excluding hydrogens is 404 g/mol. The number of nitrogens with one attached hydrogen (secondary N) is 2. The van der Waals surface area contributed by atoms with E-state index in [0.29, 0.717) is 33.0 Å². The van der Waals surface area contributed by atoms with Gasteiger partial charge in [0.15, 0.2) is 10.3 Å². The van der Waals surface area contributed by atoms with Crippen LogP contribution in [0.25, 0.3) is 11.3 Å². The predicted octanol–water partition coefficient (Wildman–Crippen LogP) is 4.15. The van der Waals surface area contributed by atoms with Gasteiger partial charge in [-0.25, -0.2) is 9.97 Å². The van der Waals surface area contributed by atoms with Gasteiger partial charge in [0, 0.05) is 27.2 Å². The molecule has 9 heteroatoms. The van der Waals surface area contributed by atoms with Crippen LogP contribution in [-0.4, -0.2) is 26.6 Å². The molecular formula is C18H17ClN4O2S2. The second-order valence-electron chi connectivity index (χ2n) is 5.67. The van der Waals surface area contributed by atoms with Gasteiger partial charge in [-0.3, -0.25) is 9.59 Å². The van der Waals surface area contributed by atoms with E-state index < -0.39 is 0 Å². The van der Waals surface area contributed by atoms with Crippen LogP contribution in [0.5, 0.6) is 0 Å². The maximum absolute atomic E-state index is 12.2. The number of aromatic amines is 1. The molecule has 0 atom stereocenters. The molecule has 0 saturated heterocycles. The quantitative estimate of drug-likeness (QED) is 0.462. The summed E-state index contributed by atoms with van der Waals surface area (Å²) in [5.74, 6) is -0.0825. The lowest BCUT2D eigenvalue weighted by Gasteiger charge is -2.05. The summed E-state index contributed by atoms with van der Waals surface area (Å²) in [7, 11) is 0. The van der Waals surface area contributed by atoms with Crippen LogP contribution in [0.4, 0.5) is 5.13 Å². The number of nitrogens with zero attached hydrogens (tertiary/aromatic N) is 2. The van der Waals surface area contributed by atoms with Crippen LogP contribution >= 0.6 is 34.7 Å². The Hall–Kier alpha value is -2.16. The number of H-pyrrole nitrogens is 1. The van der Waals surface area contributed by atoms with Crippen molar-refractivity contribution in [3.8, 4) is 11.3 Å². The van der Waals surface area contributed by atoms with Crippen molar-refractivity contribution in [1.29, 1.82) is 0 Å². The molecule has 3 aromatic rings. The third kappa shape index (κ3) is 4.97. The number of aryl methyl sites for hydroxylation is 1. The van der Waals surface area contributed by atoms with Gasteiger partial charge in [0.1, 0.15) is 0 Å². The highest BCUT2D eigenvalue weighted by atomic mass is 35.5. The smallest absolute Gasteiger partial charge is 0.254 e. The first-order valence-electron chi connectivity index (χ1n) is 8.20. The van der Waals surface area contributed by atoms with E-state index in [1.54, 1.807) is 19.1 Å². The molecule has 0 spiro atoms. The van der Waals surface area contributed by atoms with E-state index in [2.05, 4.69) is 20.3 Å². The first-order valence-corrected chi connectivity index (χ1v) is 10.4. The predicted molar refractivity (Wildman–Crippen MR) is 111 cm³/mol. The molecule has 0 fully saturated rings. The van der Waals surface area contributed by atoms with Crippen LogP contribution in [-0.2, 0) is 11.2 Å². The van der Waals surface area contributed by atoms with Crippen molar-refractivity contribution >= 4 is 45.7 Å². The number of thiazole rings is 1. The monoisotopic (exact) mass is 420 g/mol. The average molecular weight is 421 g/mol. The fourth-order valence-electron chi connectivity index (χ4n) is 2.44. The number of rotatable bonds is 6. The molecule has 0 aliphatic heterocycles. The van der Waals surface area contributed by atoms with Gasteiger partial charge in [0.25, 0.3) is 5.56 Å². The molecule has 0 unspecified atom stereocenters. The number of carbonyl (C=O) groups excluding carboxylic acids is 1. The summed E-state index contributed by atoms with van der Waals surface area (Å²) in [6.45, 7) is 3.71. The molecule has 0 saturated carbocycles. The zero-order chi connectivity index (χ0) is 19.4. The zero-order valence-electron chi connectivity index (χ0n) is 14.7. The second kappa shape index (κ2) is 8.69. The number of benzene rings is 1. The van der Waals surface area contributed by atoms with Gasteiger partial charge in [0.2, 0.25) is 5.91 Å². The third-order valence-electron chi connectivity index (χ3n) is 3.78. The van der Waals surface area contributed by atoms with Crippen molar-refractivity contribution in [2.24, 2.45) is 0 Å². The minimum Gasteiger partial charge on any atom is -0.301 e. The summed E-state index contributed by atoms with van der Waals surface area (Å²) < 4.78 is 0. The van der Waals surface area contributed by atoms with Crippen LogP contribution in [0.1, 0.15) is 18.2 Å². The van der Waals surface area contributed by atoms with Crippen molar-refractivity contribution in [3.05, 3.63) is 56.3 Å². The summed E-state index contributed by atoms with van der Waals surface area (Å²) in [5.41, 5.74) is 2.91. The lowest BCUT2D eigenvalue weighted by atomic mass is 10.2. The standard InChI is InChI=1S/C18H17ClN4O2S2/c1-3-13-10(2)20-17(23-16(13)25)27-9-15(24)22-18-21-14(8-26-18)11-4-6-12(19)7-5-11/h4-8H,3,9H2,1-2H3,(H,20,23,25)(H,21,22,24). The van der Waals surface area contributed by atoms with E-state index >= 15 is 0 Å². The normalized spacial score (nSPS) is 10.8. The Morgan fingerprint density at radius 3 is 2.70 bits per heavy atom. The largest absolute Gasteiger partial charge is 0.301 e. The highest BCUT2D eigenvalue weighted by Crippen LogP contribution is 2.26. The van der Waals surface area contributed by atoms with E-state index in [4.69, 9.17) is 11.6 Å². The molecule has 0 aliphatic rings. The third-order valence-corrected chi connectivity index (χ3v) is 5.67. The Labute approximate surface area is 169 Å². The number of hydrogen-bond acceptors (Lipinski definition) is 6. The maximum Gasteiger partial charge on any atom is 0.254 e.